The van der Waals surface area contributed by atoms with Crippen molar-refractivity contribution in [3.8, 4) is 0 Å². The predicted octanol–water partition coefficient (Wildman–Crippen LogP) is 5.67. The van der Waals surface area contributed by atoms with Crippen LogP contribution in [0.1, 0.15) is 98.8 Å². The molecule has 0 aromatic heterocycles. The van der Waals surface area contributed by atoms with Gasteiger partial charge in [-0.05, 0) is 48.2 Å². The molecule has 0 radical (unpaired) electrons. The van der Waals surface area contributed by atoms with Crippen LogP contribution in [0.2, 0.25) is 0 Å². The van der Waals surface area contributed by atoms with Crippen LogP contribution in [0.25, 0.3) is 0 Å². The number of likely N-dealkylation sites (N-methyl/N-ethyl adjacent to an activating group) is 2. The summed E-state index contributed by atoms with van der Waals surface area (Å²) in [5, 5.41) is 0. The average Bonchev–Trinajstić information content (AvgIpc) is 2.57. The molecular weight excluding hydrogens is 268 g/mol. The van der Waals surface area contributed by atoms with Gasteiger partial charge in [-0.25, -0.2) is 0 Å². The Bertz CT molecular complexity index is 289. The van der Waals surface area contributed by atoms with Crippen LogP contribution in [0, 0.1) is 0 Å². The Morgan fingerprint density at radius 1 is 0.636 bits per heavy atom. The van der Waals surface area contributed by atoms with E-state index in [1.165, 1.54) is 64.2 Å². The van der Waals surface area contributed by atoms with Crippen LogP contribution in [0.4, 0.5) is 0 Å². The normalized spacial score (nSPS) is 22.5. The fraction of sp³-hybridized carbons (Fsp3) is 1.00. The molecule has 0 amide bonds. The molecule has 1 rings (SSSR count). The van der Waals surface area contributed by atoms with Crippen LogP contribution < -0.4 is 0 Å². The molecule has 0 unspecified atom stereocenters. The van der Waals surface area contributed by atoms with Gasteiger partial charge in [0, 0.05) is 11.1 Å². The maximum atomic E-state index is 2.59. The second-order valence-electron chi connectivity index (χ2n) is 8.44. The van der Waals surface area contributed by atoms with Gasteiger partial charge in [-0.15, -0.1) is 0 Å². The van der Waals surface area contributed by atoms with Gasteiger partial charge in [0.05, 0.1) is 6.17 Å². The third-order valence-corrected chi connectivity index (χ3v) is 6.72. The molecule has 1 heterocycles. The van der Waals surface area contributed by atoms with Gasteiger partial charge in [-0.3, -0.25) is 9.80 Å². The largest absolute Gasteiger partial charge is 0.284 e. The lowest BCUT2D eigenvalue weighted by molar-refractivity contribution is 0.127. The quantitative estimate of drug-likeness (QED) is 0.480. The van der Waals surface area contributed by atoms with Crippen molar-refractivity contribution >= 4 is 0 Å². The van der Waals surface area contributed by atoms with Gasteiger partial charge < -0.3 is 0 Å². The minimum Gasteiger partial charge on any atom is -0.284 e. The van der Waals surface area contributed by atoms with Crippen molar-refractivity contribution in [3.63, 3.8) is 0 Å². The molecule has 1 saturated heterocycles. The molecule has 2 nitrogen and oxygen atoms in total. The highest BCUT2D eigenvalue weighted by atomic mass is 15.5. The predicted molar refractivity (Wildman–Crippen MR) is 99.3 cm³/mol. The Kier molecular flexibility index (Phi) is 7.88. The van der Waals surface area contributed by atoms with Crippen LogP contribution in [0.15, 0.2) is 0 Å². The van der Waals surface area contributed by atoms with Gasteiger partial charge in [0.25, 0.3) is 0 Å². The molecule has 1 aliphatic heterocycles. The highest BCUT2D eigenvalue weighted by Gasteiger charge is 2.53. The zero-order chi connectivity index (χ0) is 16.8. The summed E-state index contributed by atoms with van der Waals surface area (Å²) in [6, 6.07) is 0. The second-order valence-corrected chi connectivity index (χ2v) is 8.44. The molecule has 22 heavy (non-hydrogen) atoms. The fourth-order valence-corrected chi connectivity index (χ4v) is 3.89. The van der Waals surface area contributed by atoms with Crippen LogP contribution in [0.5, 0.6) is 0 Å². The van der Waals surface area contributed by atoms with E-state index in [2.05, 4.69) is 58.5 Å². The Labute approximate surface area is 140 Å². The van der Waals surface area contributed by atoms with E-state index >= 15 is 0 Å². The van der Waals surface area contributed by atoms with E-state index in [4.69, 9.17) is 0 Å². The first-order chi connectivity index (χ1) is 10.3. The van der Waals surface area contributed by atoms with Gasteiger partial charge in [0.2, 0.25) is 0 Å². The Hall–Kier alpha value is -0.0800. The van der Waals surface area contributed by atoms with Crippen molar-refractivity contribution in [1.82, 2.24) is 9.80 Å². The average molecular weight is 311 g/mol. The summed E-state index contributed by atoms with van der Waals surface area (Å²) in [6.07, 6.45) is 14.7. The molecule has 0 atom stereocenters. The lowest BCUT2D eigenvalue weighted by atomic mass is 9.83. The minimum absolute atomic E-state index is 0.242. The third-order valence-electron chi connectivity index (χ3n) is 6.72. The number of hydrogen-bond acceptors (Lipinski definition) is 2. The molecule has 0 spiro atoms. The van der Waals surface area contributed by atoms with E-state index in [1.807, 2.05) is 0 Å². The second kappa shape index (κ2) is 8.68. The summed E-state index contributed by atoms with van der Waals surface area (Å²) in [5.41, 5.74) is 0.484. The zero-order valence-electron chi connectivity index (χ0n) is 16.5. The van der Waals surface area contributed by atoms with Gasteiger partial charge >= 0.3 is 0 Å². The Morgan fingerprint density at radius 3 is 1.41 bits per heavy atom. The monoisotopic (exact) mass is 310 g/mol. The highest BCUT2D eigenvalue weighted by Crippen LogP contribution is 2.42. The van der Waals surface area contributed by atoms with E-state index < -0.39 is 0 Å². The van der Waals surface area contributed by atoms with Gasteiger partial charge in [0.15, 0.2) is 0 Å². The van der Waals surface area contributed by atoms with Crippen LogP contribution >= 0.6 is 0 Å². The summed E-state index contributed by atoms with van der Waals surface area (Å²) in [6.45, 7) is 11.8. The maximum absolute atomic E-state index is 2.59. The topological polar surface area (TPSA) is 6.48 Å². The van der Waals surface area contributed by atoms with Crippen molar-refractivity contribution in [2.75, 3.05) is 14.1 Å². The van der Waals surface area contributed by atoms with E-state index in [0.717, 1.165) is 0 Å². The summed E-state index contributed by atoms with van der Waals surface area (Å²) in [7, 11) is 4.62. The van der Waals surface area contributed by atoms with Crippen molar-refractivity contribution in [3.05, 3.63) is 0 Å². The lowest BCUT2D eigenvalue weighted by Crippen LogP contribution is -2.52. The molecule has 0 aromatic carbocycles. The molecule has 0 aliphatic carbocycles. The number of unbranched alkanes of at least 4 members (excludes halogenated alkanes) is 8. The molecule has 1 fully saturated rings. The number of nitrogens with zero attached hydrogens (tertiary/aromatic N) is 2. The van der Waals surface area contributed by atoms with Crippen molar-refractivity contribution in [2.45, 2.75) is 116 Å². The molecule has 132 valence electrons. The number of rotatable bonds is 10. The van der Waals surface area contributed by atoms with E-state index in [-0.39, 0.29) is 11.1 Å². The van der Waals surface area contributed by atoms with Crippen molar-refractivity contribution < 1.29 is 0 Å². The van der Waals surface area contributed by atoms with Gasteiger partial charge in [-0.1, -0.05) is 64.7 Å². The summed E-state index contributed by atoms with van der Waals surface area (Å²) in [4.78, 5) is 5.19. The summed E-state index contributed by atoms with van der Waals surface area (Å²) < 4.78 is 0. The summed E-state index contributed by atoms with van der Waals surface area (Å²) in [5.74, 6) is 0. The molecule has 2 heteroatoms. The van der Waals surface area contributed by atoms with Gasteiger partial charge in [0.1, 0.15) is 0 Å². The first-order valence-corrected chi connectivity index (χ1v) is 9.72. The molecule has 0 N–H and O–H groups in total. The number of hydrogen-bond donors (Lipinski definition) is 0. The molecule has 0 saturated carbocycles. The highest BCUT2D eigenvalue weighted by molar-refractivity contribution is 5.09. The first kappa shape index (κ1) is 20.0. The standard InChI is InChI=1S/C20H42N2/c1-8-9-10-11-12-13-14-15-16-17-18-21(6)19(2,3)20(4,5)22(18)7/h18H,8-17H2,1-7H3. The minimum atomic E-state index is 0.242. The van der Waals surface area contributed by atoms with E-state index in [9.17, 15) is 0 Å². The van der Waals surface area contributed by atoms with Crippen LogP contribution in [-0.2, 0) is 0 Å². The molecule has 0 aromatic rings. The molecule has 1 aliphatic rings. The Morgan fingerprint density at radius 2 is 1.00 bits per heavy atom. The zero-order valence-corrected chi connectivity index (χ0v) is 16.5. The third kappa shape index (κ3) is 4.47. The molecule has 0 bridgehead atoms. The van der Waals surface area contributed by atoms with Crippen molar-refractivity contribution in [2.24, 2.45) is 0 Å². The van der Waals surface area contributed by atoms with E-state index in [1.54, 1.807) is 0 Å². The smallest absolute Gasteiger partial charge is 0.0627 e. The SMILES string of the molecule is CCCCCCCCCCCC1N(C)C(C)(C)C(C)(C)N1C. The summed E-state index contributed by atoms with van der Waals surface area (Å²) >= 11 is 0. The molecular formula is C20H42N2. The Balaban J connectivity index is 2.20. The maximum Gasteiger partial charge on any atom is 0.0627 e. The van der Waals surface area contributed by atoms with Crippen LogP contribution in [-0.4, -0.2) is 41.1 Å². The fourth-order valence-electron chi connectivity index (χ4n) is 3.89. The first-order valence-electron chi connectivity index (χ1n) is 9.72. The van der Waals surface area contributed by atoms with E-state index in [0.29, 0.717) is 6.17 Å². The van der Waals surface area contributed by atoms with Crippen LogP contribution in [0.3, 0.4) is 0 Å². The van der Waals surface area contributed by atoms with Crippen molar-refractivity contribution in [1.29, 1.82) is 0 Å². The van der Waals surface area contributed by atoms with Gasteiger partial charge in [-0.2, -0.15) is 0 Å². The lowest BCUT2D eigenvalue weighted by Gasteiger charge is -2.40.